The van der Waals surface area contributed by atoms with Crippen LogP contribution in [0.15, 0.2) is 30.3 Å². The van der Waals surface area contributed by atoms with Crippen molar-refractivity contribution in [3.8, 4) is 23.0 Å². The van der Waals surface area contributed by atoms with Gasteiger partial charge in [-0.3, -0.25) is 0 Å². The highest BCUT2D eigenvalue weighted by Crippen LogP contribution is 2.23. The minimum Gasteiger partial charge on any atom is -0.491 e. The van der Waals surface area contributed by atoms with E-state index in [1.165, 1.54) is 0 Å². The second kappa shape index (κ2) is 5.89. The Morgan fingerprint density at radius 1 is 1.11 bits per heavy atom. The van der Waals surface area contributed by atoms with Gasteiger partial charge in [-0.2, -0.15) is 4.98 Å². The lowest BCUT2D eigenvalue weighted by Gasteiger charge is -2.10. The maximum absolute atomic E-state index is 5.92. The maximum Gasteiger partial charge on any atom is 0.218 e. The summed E-state index contributed by atoms with van der Waals surface area (Å²) < 4.78 is 10.7. The van der Waals surface area contributed by atoms with Crippen LogP contribution in [-0.2, 0) is 0 Å². The summed E-state index contributed by atoms with van der Waals surface area (Å²) in [5, 5.41) is 0.351. The number of aromatic nitrogens is 2. The number of hydrogen-bond acceptors (Lipinski definition) is 4. The van der Waals surface area contributed by atoms with Crippen LogP contribution >= 0.6 is 11.6 Å². The average molecular weight is 279 g/mol. The lowest BCUT2D eigenvalue weighted by Crippen LogP contribution is -2.05. The summed E-state index contributed by atoms with van der Waals surface area (Å²) in [6, 6.07) is 9.12. The third-order valence-corrected chi connectivity index (χ3v) is 2.56. The van der Waals surface area contributed by atoms with Crippen molar-refractivity contribution >= 4 is 11.6 Å². The molecule has 1 aromatic carbocycles. The first kappa shape index (κ1) is 13.6. The van der Waals surface area contributed by atoms with Gasteiger partial charge in [0.25, 0.3) is 0 Å². The van der Waals surface area contributed by atoms with Gasteiger partial charge >= 0.3 is 0 Å². The molecule has 0 bridgehead atoms. The van der Waals surface area contributed by atoms with E-state index >= 15 is 0 Å². The predicted molar refractivity (Wildman–Crippen MR) is 74.8 cm³/mol. The first-order valence-electron chi connectivity index (χ1n) is 5.94. The van der Waals surface area contributed by atoms with Gasteiger partial charge in [-0.25, -0.2) is 4.98 Å². The molecule has 5 heteroatoms. The van der Waals surface area contributed by atoms with E-state index in [1.807, 2.05) is 38.1 Å². The number of methoxy groups -OCH3 is 1. The fourth-order valence-corrected chi connectivity index (χ4v) is 1.76. The Bertz CT molecular complexity index is 556. The highest BCUT2D eigenvalue weighted by Gasteiger charge is 2.07. The zero-order valence-electron chi connectivity index (χ0n) is 11.1. The number of hydrogen-bond donors (Lipinski definition) is 0. The van der Waals surface area contributed by atoms with Crippen LogP contribution in [0, 0.1) is 0 Å². The van der Waals surface area contributed by atoms with Crippen molar-refractivity contribution < 1.29 is 9.47 Å². The van der Waals surface area contributed by atoms with Crippen LogP contribution in [0.5, 0.6) is 11.6 Å². The molecule has 0 aliphatic heterocycles. The Kier molecular flexibility index (Phi) is 4.22. The van der Waals surface area contributed by atoms with E-state index in [2.05, 4.69) is 9.97 Å². The normalized spacial score (nSPS) is 10.6. The third kappa shape index (κ3) is 3.58. The van der Waals surface area contributed by atoms with E-state index in [4.69, 9.17) is 21.1 Å². The first-order valence-corrected chi connectivity index (χ1v) is 6.32. The fraction of sp³-hybridized carbons (Fsp3) is 0.286. The predicted octanol–water partition coefficient (Wildman–Crippen LogP) is 3.59. The molecule has 0 spiro atoms. The van der Waals surface area contributed by atoms with Crippen LogP contribution in [0.2, 0.25) is 5.15 Å². The van der Waals surface area contributed by atoms with Gasteiger partial charge in [-0.05, 0) is 38.1 Å². The van der Waals surface area contributed by atoms with Gasteiger partial charge in [0, 0.05) is 11.6 Å². The van der Waals surface area contributed by atoms with Crippen molar-refractivity contribution in [3.05, 3.63) is 35.5 Å². The summed E-state index contributed by atoms with van der Waals surface area (Å²) in [7, 11) is 1.54. The lowest BCUT2D eigenvalue weighted by atomic mass is 10.2. The van der Waals surface area contributed by atoms with Crippen molar-refractivity contribution in [2.24, 2.45) is 0 Å². The van der Waals surface area contributed by atoms with Gasteiger partial charge in [0.05, 0.1) is 13.2 Å². The van der Waals surface area contributed by atoms with Gasteiger partial charge in [0.1, 0.15) is 10.9 Å². The zero-order chi connectivity index (χ0) is 13.8. The maximum atomic E-state index is 5.92. The van der Waals surface area contributed by atoms with Crippen molar-refractivity contribution in [2.75, 3.05) is 7.11 Å². The Morgan fingerprint density at radius 3 is 2.37 bits per heavy atom. The summed E-state index contributed by atoms with van der Waals surface area (Å²) >= 11 is 5.92. The molecule has 4 nitrogen and oxygen atoms in total. The number of rotatable bonds is 4. The molecule has 0 fully saturated rings. The lowest BCUT2D eigenvalue weighted by molar-refractivity contribution is 0.242. The highest BCUT2D eigenvalue weighted by atomic mass is 35.5. The highest BCUT2D eigenvalue weighted by molar-refractivity contribution is 6.29. The summed E-state index contributed by atoms with van der Waals surface area (Å²) in [6.45, 7) is 3.97. The van der Waals surface area contributed by atoms with Crippen LogP contribution < -0.4 is 9.47 Å². The molecule has 0 unspecified atom stereocenters. The molecular formula is C14H15ClN2O2. The minimum atomic E-state index is 0.147. The smallest absolute Gasteiger partial charge is 0.218 e. The Hall–Kier alpha value is -1.81. The van der Waals surface area contributed by atoms with Gasteiger partial charge in [0.15, 0.2) is 5.82 Å². The molecule has 0 saturated carbocycles. The van der Waals surface area contributed by atoms with Crippen molar-refractivity contribution in [2.45, 2.75) is 20.0 Å². The molecule has 0 amide bonds. The number of halogens is 1. The quantitative estimate of drug-likeness (QED) is 0.802. The molecule has 2 rings (SSSR count). The molecular weight excluding hydrogens is 264 g/mol. The second-order valence-electron chi connectivity index (χ2n) is 4.25. The summed E-state index contributed by atoms with van der Waals surface area (Å²) in [4.78, 5) is 8.43. The summed E-state index contributed by atoms with van der Waals surface area (Å²) in [6.07, 6.45) is 0.147. The topological polar surface area (TPSA) is 44.2 Å². The molecule has 100 valence electrons. The van der Waals surface area contributed by atoms with Crippen LogP contribution in [0.3, 0.4) is 0 Å². The first-order chi connectivity index (χ1) is 9.08. The average Bonchev–Trinajstić information content (AvgIpc) is 2.38. The molecule has 1 heterocycles. The second-order valence-corrected chi connectivity index (χ2v) is 4.63. The van der Waals surface area contributed by atoms with Crippen molar-refractivity contribution in [3.63, 3.8) is 0 Å². The van der Waals surface area contributed by atoms with E-state index in [-0.39, 0.29) is 6.10 Å². The largest absolute Gasteiger partial charge is 0.491 e. The van der Waals surface area contributed by atoms with Crippen molar-refractivity contribution in [1.29, 1.82) is 0 Å². The van der Waals surface area contributed by atoms with Crippen LogP contribution in [0.1, 0.15) is 13.8 Å². The van der Waals surface area contributed by atoms with Gasteiger partial charge in [-0.15, -0.1) is 0 Å². The molecule has 0 atom stereocenters. The van der Waals surface area contributed by atoms with Crippen LogP contribution in [0.25, 0.3) is 11.4 Å². The van der Waals surface area contributed by atoms with Crippen LogP contribution in [0.4, 0.5) is 0 Å². The van der Waals surface area contributed by atoms with E-state index < -0.39 is 0 Å². The van der Waals surface area contributed by atoms with Crippen LogP contribution in [-0.4, -0.2) is 23.2 Å². The zero-order valence-corrected chi connectivity index (χ0v) is 11.8. The molecule has 0 N–H and O–H groups in total. The Morgan fingerprint density at radius 2 is 1.79 bits per heavy atom. The SMILES string of the molecule is COc1cc(Cl)nc(-c2ccc(OC(C)C)cc2)n1. The molecule has 2 aromatic rings. The number of nitrogens with zero attached hydrogens (tertiary/aromatic N) is 2. The number of benzene rings is 1. The summed E-state index contributed by atoms with van der Waals surface area (Å²) in [5.74, 6) is 1.78. The number of ether oxygens (including phenoxy) is 2. The molecule has 0 saturated heterocycles. The standard InChI is InChI=1S/C14H15ClN2O2/c1-9(2)19-11-6-4-10(5-7-11)14-16-12(15)8-13(17-14)18-3/h4-9H,1-3H3. The third-order valence-electron chi connectivity index (χ3n) is 2.36. The summed E-state index contributed by atoms with van der Waals surface area (Å²) in [5.41, 5.74) is 0.858. The molecule has 0 radical (unpaired) electrons. The van der Waals surface area contributed by atoms with Gasteiger partial charge in [0.2, 0.25) is 5.88 Å². The monoisotopic (exact) mass is 278 g/mol. The van der Waals surface area contributed by atoms with Gasteiger partial charge < -0.3 is 9.47 Å². The molecule has 0 aliphatic rings. The molecule has 1 aromatic heterocycles. The molecule has 0 aliphatic carbocycles. The van der Waals surface area contributed by atoms with E-state index in [0.29, 0.717) is 16.9 Å². The Balaban J connectivity index is 2.29. The van der Waals surface area contributed by atoms with E-state index in [0.717, 1.165) is 11.3 Å². The molecule has 19 heavy (non-hydrogen) atoms. The van der Waals surface area contributed by atoms with Gasteiger partial charge in [-0.1, -0.05) is 11.6 Å². The fourth-order valence-electron chi connectivity index (χ4n) is 1.59. The van der Waals surface area contributed by atoms with E-state index in [9.17, 15) is 0 Å². The van der Waals surface area contributed by atoms with E-state index in [1.54, 1.807) is 13.2 Å². The minimum absolute atomic E-state index is 0.147. The Labute approximate surface area is 117 Å². The van der Waals surface area contributed by atoms with Crippen molar-refractivity contribution in [1.82, 2.24) is 9.97 Å².